The Morgan fingerprint density at radius 1 is 1.29 bits per heavy atom. The smallest absolute Gasteiger partial charge is 0.344 e. The van der Waals surface area contributed by atoms with E-state index in [4.69, 9.17) is 30.5 Å². The van der Waals surface area contributed by atoms with Crippen molar-refractivity contribution in [3.05, 3.63) is 58.4 Å². The molecule has 3 rings (SSSR count). The molecule has 126 valence electrons. The highest BCUT2D eigenvalue weighted by atomic mass is 35.5. The molecule has 0 radical (unpaired) electrons. The van der Waals surface area contributed by atoms with Gasteiger partial charge in [-0.1, -0.05) is 17.7 Å². The summed E-state index contributed by atoms with van der Waals surface area (Å²) >= 11 is 6.04. The summed E-state index contributed by atoms with van der Waals surface area (Å²) in [5.41, 5.74) is 1.45. The molecule has 0 saturated carbocycles. The van der Waals surface area contributed by atoms with Crippen molar-refractivity contribution in [1.82, 2.24) is 0 Å². The lowest BCUT2D eigenvalue weighted by molar-refractivity contribution is -0.147. The van der Waals surface area contributed by atoms with E-state index >= 15 is 0 Å². The lowest BCUT2D eigenvalue weighted by Crippen LogP contribution is -2.17. The minimum atomic E-state index is -0.583. The number of benzene rings is 2. The van der Waals surface area contributed by atoms with E-state index in [0.29, 0.717) is 22.9 Å². The van der Waals surface area contributed by atoms with Crippen molar-refractivity contribution in [3.8, 4) is 11.5 Å². The molecule has 5 nitrogen and oxygen atoms in total. The Morgan fingerprint density at radius 3 is 3.00 bits per heavy atom. The molecule has 1 aliphatic heterocycles. The van der Waals surface area contributed by atoms with Crippen LogP contribution in [0.15, 0.2) is 36.4 Å². The Morgan fingerprint density at radius 2 is 2.17 bits per heavy atom. The molecule has 0 saturated heterocycles. The third-order valence-electron chi connectivity index (χ3n) is 3.29. The number of ether oxygens (including phenoxy) is 4. The fourth-order valence-corrected chi connectivity index (χ4v) is 2.53. The summed E-state index contributed by atoms with van der Waals surface area (Å²) < 4.78 is 34.0. The Kier molecular flexibility index (Phi) is 5.17. The zero-order valence-electron chi connectivity index (χ0n) is 12.6. The van der Waals surface area contributed by atoms with Crippen LogP contribution in [-0.4, -0.2) is 19.4 Å². The Balaban J connectivity index is 1.57. The minimum absolute atomic E-state index is 0.00572. The predicted octanol–water partition coefficient (Wildman–Crippen LogP) is 3.47. The third kappa shape index (κ3) is 4.15. The molecule has 0 spiro atoms. The van der Waals surface area contributed by atoms with E-state index in [1.54, 1.807) is 18.2 Å². The maximum Gasteiger partial charge on any atom is 0.344 e. The van der Waals surface area contributed by atoms with Crippen molar-refractivity contribution in [2.75, 3.05) is 13.4 Å². The van der Waals surface area contributed by atoms with Gasteiger partial charge >= 0.3 is 5.97 Å². The lowest BCUT2D eigenvalue weighted by atomic mass is 10.1. The molecule has 0 amide bonds. The van der Waals surface area contributed by atoms with Crippen molar-refractivity contribution >= 4 is 17.6 Å². The number of hydrogen-bond donors (Lipinski definition) is 0. The molecule has 0 bridgehead atoms. The van der Waals surface area contributed by atoms with Gasteiger partial charge in [0, 0.05) is 22.2 Å². The Hall–Kier alpha value is -2.31. The SMILES string of the molecule is O=C(COc1cccc(F)c1)OCc1cc(Cl)cc2c1OCOC2. The Labute approximate surface area is 142 Å². The van der Waals surface area contributed by atoms with Crippen LogP contribution < -0.4 is 9.47 Å². The molecular formula is C17H14ClFO5. The Bertz CT molecular complexity index is 750. The van der Waals surface area contributed by atoms with Crippen LogP contribution in [-0.2, 0) is 27.5 Å². The second-order valence-electron chi connectivity index (χ2n) is 5.07. The van der Waals surface area contributed by atoms with E-state index in [-0.39, 0.29) is 25.8 Å². The first-order chi connectivity index (χ1) is 11.6. The summed E-state index contributed by atoms with van der Waals surface area (Å²) in [6, 6.07) is 8.94. The summed E-state index contributed by atoms with van der Waals surface area (Å²) in [5, 5.41) is 0.505. The third-order valence-corrected chi connectivity index (χ3v) is 3.51. The molecule has 0 aromatic heterocycles. The van der Waals surface area contributed by atoms with Crippen LogP contribution in [0.25, 0.3) is 0 Å². The molecule has 7 heteroatoms. The maximum atomic E-state index is 13.0. The molecule has 0 fully saturated rings. The minimum Gasteiger partial charge on any atom is -0.482 e. The van der Waals surface area contributed by atoms with Crippen molar-refractivity contribution in [2.24, 2.45) is 0 Å². The number of carbonyl (C=O) groups is 1. The molecule has 2 aromatic rings. The van der Waals surface area contributed by atoms with Gasteiger partial charge in [0.15, 0.2) is 13.4 Å². The van der Waals surface area contributed by atoms with Gasteiger partial charge < -0.3 is 18.9 Å². The number of fused-ring (bicyclic) bond motifs is 1. The second-order valence-corrected chi connectivity index (χ2v) is 5.51. The van der Waals surface area contributed by atoms with Crippen LogP contribution in [0.4, 0.5) is 4.39 Å². The number of rotatable bonds is 5. The van der Waals surface area contributed by atoms with Crippen molar-refractivity contribution in [1.29, 1.82) is 0 Å². The average molecular weight is 353 g/mol. The average Bonchev–Trinajstić information content (AvgIpc) is 2.57. The number of halogens is 2. The van der Waals surface area contributed by atoms with Gasteiger partial charge in [-0.05, 0) is 24.3 Å². The summed E-state index contributed by atoms with van der Waals surface area (Å²) in [4.78, 5) is 11.8. The first kappa shape index (κ1) is 16.5. The quantitative estimate of drug-likeness (QED) is 0.771. The zero-order valence-corrected chi connectivity index (χ0v) is 13.3. The van der Waals surface area contributed by atoms with Gasteiger partial charge in [0.2, 0.25) is 0 Å². The van der Waals surface area contributed by atoms with Crippen molar-refractivity contribution in [3.63, 3.8) is 0 Å². The molecule has 24 heavy (non-hydrogen) atoms. The van der Waals surface area contributed by atoms with Crippen molar-refractivity contribution in [2.45, 2.75) is 13.2 Å². The van der Waals surface area contributed by atoms with E-state index in [1.165, 1.54) is 18.2 Å². The van der Waals surface area contributed by atoms with Crippen LogP contribution >= 0.6 is 11.6 Å². The van der Waals surface area contributed by atoms with Gasteiger partial charge in [-0.2, -0.15) is 0 Å². The molecular weight excluding hydrogens is 339 g/mol. The number of esters is 1. The van der Waals surface area contributed by atoms with Gasteiger partial charge in [0.25, 0.3) is 0 Å². The second kappa shape index (κ2) is 7.51. The fraction of sp³-hybridized carbons (Fsp3) is 0.235. The molecule has 0 N–H and O–H groups in total. The monoisotopic (exact) mass is 352 g/mol. The van der Waals surface area contributed by atoms with E-state index in [0.717, 1.165) is 5.56 Å². The van der Waals surface area contributed by atoms with Gasteiger partial charge in [-0.15, -0.1) is 0 Å². The maximum absolute atomic E-state index is 13.0. The zero-order chi connectivity index (χ0) is 16.9. The van der Waals surface area contributed by atoms with Gasteiger partial charge in [-0.3, -0.25) is 0 Å². The molecule has 2 aromatic carbocycles. The standard InChI is InChI=1S/C17H14ClFO5/c18-13-4-11-7-21-10-24-17(11)12(5-13)8-23-16(20)9-22-15-3-1-2-14(19)6-15/h1-6H,7-10H2. The summed E-state index contributed by atoms with van der Waals surface area (Å²) in [6.07, 6.45) is 0. The molecule has 0 atom stereocenters. The lowest BCUT2D eigenvalue weighted by Gasteiger charge is -2.21. The van der Waals surface area contributed by atoms with Gasteiger partial charge in [0.05, 0.1) is 6.61 Å². The summed E-state index contributed by atoms with van der Waals surface area (Å²) in [7, 11) is 0. The van der Waals surface area contributed by atoms with Crippen molar-refractivity contribution < 1.29 is 28.1 Å². The van der Waals surface area contributed by atoms with E-state index in [2.05, 4.69) is 0 Å². The van der Waals surface area contributed by atoms with Crippen LogP contribution in [0, 0.1) is 5.82 Å². The number of carbonyl (C=O) groups excluding carboxylic acids is 1. The van der Waals surface area contributed by atoms with Crippen LogP contribution in [0.2, 0.25) is 5.02 Å². The fourth-order valence-electron chi connectivity index (χ4n) is 2.26. The van der Waals surface area contributed by atoms with Crippen LogP contribution in [0.1, 0.15) is 11.1 Å². The molecule has 1 aliphatic rings. The number of hydrogen-bond acceptors (Lipinski definition) is 5. The normalized spacial score (nSPS) is 12.9. The molecule has 1 heterocycles. The molecule has 0 aliphatic carbocycles. The van der Waals surface area contributed by atoms with Gasteiger partial charge in [0.1, 0.15) is 23.9 Å². The summed E-state index contributed by atoms with van der Waals surface area (Å²) in [5.74, 6) is -0.150. The van der Waals surface area contributed by atoms with Crippen LogP contribution in [0.5, 0.6) is 11.5 Å². The first-order valence-electron chi connectivity index (χ1n) is 7.17. The highest BCUT2D eigenvalue weighted by molar-refractivity contribution is 6.30. The summed E-state index contributed by atoms with van der Waals surface area (Å²) in [6.45, 7) is 0.197. The predicted molar refractivity (Wildman–Crippen MR) is 83.4 cm³/mol. The highest BCUT2D eigenvalue weighted by Crippen LogP contribution is 2.32. The molecule has 0 unspecified atom stereocenters. The largest absolute Gasteiger partial charge is 0.482 e. The van der Waals surface area contributed by atoms with E-state index in [1.807, 2.05) is 0 Å². The van der Waals surface area contributed by atoms with Crippen LogP contribution in [0.3, 0.4) is 0 Å². The first-order valence-corrected chi connectivity index (χ1v) is 7.55. The van der Waals surface area contributed by atoms with E-state index < -0.39 is 11.8 Å². The topological polar surface area (TPSA) is 54.0 Å². The van der Waals surface area contributed by atoms with E-state index in [9.17, 15) is 9.18 Å². The highest BCUT2D eigenvalue weighted by Gasteiger charge is 2.17. The van der Waals surface area contributed by atoms with Gasteiger partial charge in [-0.25, -0.2) is 9.18 Å².